The van der Waals surface area contributed by atoms with Crippen LogP contribution in [0.4, 0.5) is 13.2 Å². The van der Waals surface area contributed by atoms with E-state index in [2.05, 4.69) is 4.98 Å². The van der Waals surface area contributed by atoms with Crippen LogP contribution in [0.2, 0.25) is 0 Å². The van der Waals surface area contributed by atoms with Gasteiger partial charge in [0.1, 0.15) is 11.8 Å². The number of rotatable bonds is 5. The number of nitriles is 1. The van der Waals surface area contributed by atoms with Crippen molar-refractivity contribution in [2.75, 3.05) is 6.54 Å². The second-order valence-electron chi connectivity index (χ2n) is 8.33. The van der Waals surface area contributed by atoms with Gasteiger partial charge in [-0.2, -0.15) is 18.4 Å². The van der Waals surface area contributed by atoms with Crippen LogP contribution in [0.3, 0.4) is 0 Å². The zero-order valence-electron chi connectivity index (χ0n) is 18.1. The minimum absolute atomic E-state index is 0.0491. The Balaban J connectivity index is 1.67. The molecule has 0 bridgehead atoms. The number of aromatic nitrogens is 1. The normalized spacial score (nSPS) is 20.8. The number of hydrogen-bond donors (Lipinski definition) is 1. The van der Waals surface area contributed by atoms with Gasteiger partial charge in [0.2, 0.25) is 0 Å². The third-order valence-corrected chi connectivity index (χ3v) is 6.36. The summed E-state index contributed by atoms with van der Waals surface area (Å²) in [4.78, 5) is 19.0. The Morgan fingerprint density at radius 1 is 1.16 bits per heavy atom. The molecular formula is C24H26F3N3O2. The molecule has 5 nitrogen and oxygen atoms in total. The summed E-state index contributed by atoms with van der Waals surface area (Å²) in [6, 6.07) is 10.7. The van der Waals surface area contributed by atoms with Crippen molar-refractivity contribution >= 4 is 5.91 Å². The number of benzene rings is 1. The first-order chi connectivity index (χ1) is 15.1. The first-order valence-corrected chi connectivity index (χ1v) is 10.6. The number of amides is 1. The van der Waals surface area contributed by atoms with Crippen molar-refractivity contribution in [1.82, 2.24) is 9.88 Å². The average Bonchev–Trinajstić information content (AvgIpc) is 2.79. The van der Waals surface area contributed by atoms with Crippen molar-refractivity contribution in [2.24, 2.45) is 0 Å². The highest BCUT2D eigenvalue weighted by molar-refractivity contribution is 5.94. The van der Waals surface area contributed by atoms with Gasteiger partial charge in [0.25, 0.3) is 5.91 Å². The SMILES string of the molecule is CCN(C(=O)c1ccc([C@](C)(O)C(F)(F)F)cc1)C1CCC(c2ccc(C#N)nc2)CC1. The molecule has 8 heteroatoms. The average molecular weight is 445 g/mol. The first-order valence-electron chi connectivity index (χ1n) is 10.6. The van der Waals surface area contributed by atoms with Crippen LogP contribution in [0.5, 0.6) is 0 Å². The van der Waals surface area contributed by atoms with Gasteiger partial charge in [-0.25, -0.2) is 4.98 Å². The molecule has 1 aliphatic carbocycles. The van der Waals surface area contributed by atoms with E-state index in [9.17, 15) is 23.1 Å². The van der Waals surface area contributed by atoms with Gasteiger partial charge in [-0.1, -0.05) is 18.2 Å². The summed E-state index contributed by atoms with van der Waals surface area (Å²) in [6.45, 7) is 3.08. The molecule has 0 saturated heterocycles. The van der Waals surface area contributed by atoms with Gasteiger partial charge in [0, 0.05) is 24.3 Å². The lowest BCUT2D eigenvalue weighted by molar-refractivity contribution is -0.258. The standard InChI is InChI=1S/C24H26F3N3O2/c1-3-30(21-12-7-16(8-13-21)18-6-11-20(14-28)29-15-18)22(31)17-4-9-19(10-5-17)23(2,32)24(25,26)27/h4-6,9-11,15-16,21,32H,3,7-8,12-13H2,1-2H3/t16?,21?,23-/m0/s1. The van der Waals surface area contributed by atoms with Crippen LogP contribution < -0.4 is 0 Å². The molecule has 2 aromatic rings. The number of hydrogen-bond acceptors (Lipinski definition) is 4. The summed E-state index contributed by atoms with van der Waals surface area (Å²) < 4.78 is 39.2. The maximum Gasteiger partial charge on any atom is 0.421 e. The summed E-state index contributed by atoms with van der Waals surface area (Å²) in [5, 5.41) is 18.7. The van der Waals surface area contributed by atoms with Gasteiger partial charge >= 0.3 is 6.18 Å². The zero-order chi connectivity index (χ0) is 23.5. The third kappa shape index (κ3) is 4.78. The topological polar surface area (TPSA) is 77.2 Å². The Kier molecular flexibility index (Phi) is 6.89. The van der Waals surface area contributed by atoms with Gasteiger partial charge in [0.15, 0.2) is 5.60 Å². The van der Waals surface area contributed by atoms with Gasteiger partial charge in [-0.15, -0.1) is 0 Å². The van der Waals surface area contributed by atoms with Crippen LogP contribution in [-0.4, -0.2) is 39.7 Å². The summed E-state index contributed by atoms with van der Waals surface area (Å²) in [7, 11) is 0. The number of pyridine rings is 1. The molecule has 32 heavy (non-hydrogen) atoms. The lowest BCUT2D eigenvalue weighted by Gasteiger charge is -2.36. The lowest BCUT2D eigenvalue weighted by atomic mass is 9.81. The van der Waals surface area contributed by atoms with E-state index in [0.717, 1.165) is 43.4 Å². The van der Waals surface area contributed by atoms with Gasteiger partial charge in [-0.3, -0.25) is 4.79 Å². The van der Waals surface area contributed by atoms with Crippen molar-refractivity contribution in [2.45, 2.75) is 63.3 Å². The van der Waals surface area contributed by atoms with Gasteiger partial charge in [-0.05, 0) is 74.8 Å². The van der Waals surface area contributed by atoms with Crippen molar-refractivity contribution in [1.29, 1.82) is 5.26 Å². The molecule has 0 unspecified atom stereocenters. The minimum Gasteiger partial charge on any atom is -0.376 e. The van der Waals surface area contributed by atoms with Crippen LogP contribution in [0.1, 0.15) is 72.6 Å². The van der Waals surface area contributed by atoms with Gasteiger partial charge in [0.05, 0.1) is 0 Å². The Bertz CT molecular complexity index is 972. The van der Waals surface area contributed by atoms with E-state index in [0.29, 0.717) is 30.6 Å². The van der Waals surface area contributed by atoms with Crippen LogP contribution >= 0.6 is 0 Å². The highest BCUT2D eigenvalue weighted by Crippen LogP contribution is 2.39. The number of halogens is 3. The second-order valence-corrected chi connectivity index (χ2v) is 8.33. The Hall–Kier alpha value is -2.92. The van der Waals surface area contributed by atoms with E-state index in [1.165, 1.54) is 12.1 Å². The van der Waals surface area contributed by atoms with Crippen molar-refractivity contribution in [3.8, 4) is 6.07 Å². The van der Waals surface area contributed by atoms with E-state index >= 15 is 0 Å². The smallest absolute Gasteiger partial charge is 0.376 e. The molecule has 1 heterocycles. The monoisotopic (exact) mass is 445 g/mol. The predicted molar refractivity (Wildman–Crippen MR) is 113 cm³/mol. The summed E-state index contributed by atoms with van der Waals surface area (Å²) in [5.41, 5.74) is -1.51. The van der Waals surface area contributed by atoms with Crippen LogP contribution in [-0.2, 0) is 5.60 Å². The predicted octanol–water partition coefficient (Wildman–Crippen LogP) is 4.91. The van der Waals surface area contributed by atoms with E-state index in [1.54, 1.807) is 17.2 Å². The van der Waals surface area contributed by atoms with E-state index < -0.39 is 11.8 Å². The largest absolute Gasteiger partial charge is 0.421 e. The molecule has 1 fully saturated rings. The van der Waals surface area contributed by atoms with Crippen molar-refractivity contribution in [3.63, 3.8) is 0 Å². The maximum absolute atomic E-state index is 13.1. The first kappa shape index (κ1) is 23.7. The number of alkyl halides is 3. The molecule has 3 rings (SSSR count). The molecule has 1 aliphatic rings. The second kappa shape index (κ2) is 9.29. The quantitative estimate of drug-likeness (QED) is 0.709. The van der Waals surface area contributed by atoms with Crippen molar-refractivity contribution < 1.29 is 23.1 Å². The molecule has 0 radical (unpaired) electrons. The van der Waals surface area contributed by atoms with E-state index in [-0.39, 0.29) is 17.5 Å². The van der Waals surface area contributed by atoms with E-state index in [1.807, 2.05) is 19.1 Å². The Morgan fingerprint density at radius 2 is 1.78 bits per heavy atom. The molecule has 1 saturated carbocycles. The molecule has 1 atom stereocenters. The molecule has 0 spiro atoms. The molecule has 1 amide bonds. The van der Waals surface area contributed by atoms with Gasteiger partial charge < -0.3 is 10.0 Å². The number of aliphatic hydroxyl groups is 1. The maximum atomic E-state index is 13.1. The molecular weight excluding hydrogens is 419 g/mol. The zero-order valence-corrected chi connectivity index (χ0v) is 18.1. The highest BCUT2D eigenvalue weighted by Gasteiger charge is 2.51. The fourth-order valence-corrected chi connectivity index (χ4v) is 4.27. The highest BCUT2D eigenvalue weighted by atomic mass is 19.4. The van der Waals surface area contributed by atoms with Crippen LogP contribution in [0.25, 0.3) is 0 Å². The Morgan fingerprint density at radius 3 is 2.25 bits per heavy atom. The molecule has 1 N–H and O–H groups in total. The van der Waals surface area contributed by atoms with Crippen molar-refractivity contribution in [3.05, 3.63) is 65.0 Å². The third-order valence-electron chi connectivity index (χ3n) is 6.36. The lowest BCUT2D eigenvalue weighted by Crippen LogP contribution is -2.42. The molecule has 0 aliphatic heterocycles. The molecule has 1 aromatic heterocycles. The Labute approximate surface area is 185 Å². The number of carbonyl (C=O) groups is 1. The van der Waals surface area contributed by atoms with Crippen LogP contribution in [0.15, 0.2) is 42.6 Å². The summed E-state index contributed by atoms with van der Waals surface area (Å²) >= 11 is 0. The molecule has 1 aromatic carbocycles. The number of carbonyl (C=O) groups excluding carboxylic acids is 1. The minimum atomic E-state index is -4.81. The fourth-order valence-electron chi connectivity index (χ4n) is 4.27. The fraction of sp³-hybridized carbons (Fsp3) is 0.458. The summed E-state index contributed by atoms with van der Waals surface area (Å²) in [5.74, 6) is 0.0957. The number of nitrogens with zero attached hydrogens (tertiary/aromatic N) is 3. The molecule has 170 valence electrons. The van der Waals surface area contributed by atoms with Crippen LogP contribution in [0, 0.1) is 11.3 Å². The van der Waals surface area contributed by atoms with E-state index in [4.69, 9.17) is 5.26 Å². The summed E-state index contributed by atoms with van der Waals surface area (Å²) in [6.07, 6.45) is 0.321.